The Labute approximate surface area is 457 Å². The number of anilines is 6. The van der Waals surface area contributed by atoms with Crippen LogP contribution in [-0.2, 0) is 10.8 Å². The molecule has 79 heavy (non-hydrogen) atoms. The molecule has 0 N–H and O–H groups in total. The minimum Gasteiger partial charge on any atom is -0.457 e. The Bertz CT molecular complexity index is 4270. The van der Waals surface area contributed by atoms with Gasteiger partial charge in [-0.3, -0.25) is 0 Å². The molecule has 17 rings (SSSR count). The van der Waals surface area contributed by atoms with Gasteiger partial charge < -0.3 is 23.7 Å². The fourth-order valence-electron chi connectivity index (χ4n) is 14.1. The second kappa shape index (κ2) is 16.6. The Morgan fingerprint density at radius 1 is 0.228 bits per heavy atom. The number of benzene rings is 12. The molecule has 0 atom stereocenters. The Balaban J connectivity index is 0.795. The summed E-state index contributed by atoms with van der Waals surface area (Å²) in [5.41, 5.74) is 21.2. The molecule has 5 heteroatoms. The van der Waals surface area contributed by atoms with Crippen molar-refractivity contribution in [1.29, 1.82) is 0 Å². The highest BCUT2D eigenvalue weighted by molar-refractivity contribution is 6.08. The van der Waals surface area contributed by atoms with Gasteiger partial charge in [-0.1, -0.05) is 170 Å². The van der Waals surface area contributed by atoms with E-state index in [1.54, 1.807) is 0 Å². The molecule has 0 unspecified atom stereocenters. The average Bonchev–Trinajstić information content (AvgIpc) is 4.25. The molecular weight excluding hydrogens is 965 g/mol. The van der Waals surface area contributed by atoms with Gasteiger partial charge in [0.15, 0.2) is 0 Å². The average molecular weight is 1010 g/mol. The first kappa shape index (κ1) is 43.8. The van der Waals surface area contributed by atoms with Crippen molar-refractivity contribution in [1.82, 2.24) is 0 Å². The van der Waals surface area contributed by atoms with E-state index in [1.165, 1.54) is 44.5 Å². The number of hydrogen-bond donors (Lipinski definition) is 0. The lowest BCUT2D eigenvalue weighted by Crippen LogP contribution is -2.32. The number of nitrogens with zero attached hydrogens (tertiary/aromatic N) is 2. The maximum absolute atomic E-state index is 7.03. The first-order valence-electron chi connectivity index (χ1n) is 27.1. The van der Waals surface area contributed by atoms with Crippen molar-refractivity contribution in [2.45, 2.75) is 10.8 Å². The van der Waals surface area contributed by atoms with E-state index >= 15 is 0 Å². The van der Waals surface area contributed by atoms with Crippen LogP contribution >= 0.6 is 0 Å². The van der Waals surface area contributed by atoms with Gasteiger partial charge in [0.1, 0.15) is 34.2 Å². The fourth-order valence-corrected chi connectivity index (χ4v) is 14.1. The number of ether oxygens (including phenoxy) is 2. The zero-order valence-corrected chi connectivity index (χ0v) is 42.7. The molecule has 0 saturated heterocycles. The van der Waals surface area contributed by atoms with Crippen LogP contribution in [0, 0.1) is 0 Å². The van der Waals surface area contributed by atoms with Crippen LogP contribution in [-0.4, -0.2) is 0 Å². The van der Waals surface area contributed by atoms with E-state index < -0.39 is 10.8 Å². The lowest BCUT2D eigenvalue weighted by atomic mass is 9.66. The fraction of sp³-hybridized carbons (Fsp3) is 0.0270. The highest BCUT2D eigenvalue weighted by Crippen LogP contribution is 2.64. The number of para-hydroxylation sites is 6. The van der Waals surface area contributed by atoms with E-state index in [2.05, 4.69) is 289 Å². The third-order valence-electron chi connectivity index (χ3n) is 17.2. The van der Waals surface area contributed by atoms with Gasteiger partial charge in [0.2, 0.25) is 0 Å². The Morgan fingerprint density at radius 2 is 0.532 bits per heavy atom. The van der Waals surface area contributed by atoms with E-state index in [0.717, 1.165) is 101 Å². The second-order valence-electron chi connectivity index (χ2n) is 21.0. The summed E-state index contributed by atoms with van der Waals surface area (Å²) in [5.74, 6) is 3.53. The van der Waals surface area contributed by atoms with Crippen molar-refractivity contribution in [3.63, 3.8) is 0 Å². The molecule has 5 nitrogen and oxygen atoms in total. The monoisotopic (exact) mass is 1010 g/mol. The lowest BCUT2D eigenvalue weighted by molar-refractivity contribution is 0.436. The largest absolute Gasteiger partial charge is 0.457 e. The van der Waals surface area contributed by atoms with Crippen molar-refractivity contribution in [2.24, 2.45) is 0 Å². The summed E-state index contributed by atoms with van der Waals surface area (Å²) in [6.07, 6.45) is 0. The van der Waals surface area contributed by atoms with Crippen LogP contribution in [0.1, 0.15) is 44.5 Å². The summed E-state index contributed by atoms with van der Waals surface area (Å²) < 4.78 is 20.3. The molecule has 0 radical (unpaired) electrons. The normalized spacial score (nSPS) is 14.0. The molecule has 1 aromatic heterocycles. The van der Waals surface area contributed by atoms with Gasteiger partial charge >= 0.3 is 0 Å². The molecule has 3 heterocycles. The van der Waals surface area contributed by atoms with E-state index in [4.69, 9.17) is 13.9 Å². The molecular formula is C74H46N2O3. The molecule has 0 bridgehead atoms. The Hall–Kier alpha value is -10.4. The van der Waals surface area contributed by atoms with Gasteiger partial charge in [-0.25, -0.2) is 0 Å². The van der Waals surface area contributed by atoms with Crippen LogP contribution in [0.25, 0.3) is 44.2 Å². The first-order valence-corrected chi connectivity index (χ1v) is 27.1. The minimum atomic E-state index is -0.547. The highest BCUT2D eigenvalue weighted by atomic mass is 16.5. The Morgan fingerprint density at radius 3 is 0.924 bits per heavy atom. The highest BCUT2D eigenvalue weighted by Gasteiger charge is 2.52. The van der Waals surface area contributed by atoms with Crippen LogP contribution in [0.3, 0.4) is 0 Å². The van der Waals surface area contributed by atoms with E-state index in [0.29, 0.717) is 0 Å². The number of hydrogen-bond acceptors (Lipinski definition) is 5. The molecule has 2 spiro atoms. The van der Waals surface area contributed by atoms with Crippen molar-refractivity contribution in [2.75, 3.05) is 9.80 Å². The van der Waals surface area contributed by atoms with Gasteiger partial charge in [0, 0.05) is 79.3 Å². The van der Waals surface area contributed by atoms with E-state index in [1.807, 2.05) is 0 Å². The zero-order chi connectivity index (χ0) is 51.8. The summed E-state index contributed by atoms with van der Waals surface area (Å²) in [4.78, 5) is 4.70. The molecule has 13 aromatic rings. The molecule has 0 fully saturated rings. The Kier molecular flexibility index (Phi) is 9.19. The number of fused-ring (bicyclic) bond motifs is 21. The van der Waals surface area contributed by atoms with Gasteiger partial charge in [0.05, 0.1) is 10.8 Å². The third kappa shape index (κ3) is 6.04. The molecule has 0 saturated carbocycles. The molecule has 0 amide bonds. The maximum Gasteiger partial charge on any atom is 0.137 e. The van der Waals surface area contributed by atoms with Crippen LogP contribution in [0.4, 0.5) is 34.1 Å². The van der Waals surface area contributed by atoms with Crippen molar-refractivity contribution in [3.8, 4) is 45.3 Å². The predicted molar refractivity (Wildman–Crippen MR) is 318 cm³/mol. The predicted octanol–water partition coefficient (Wildman–Crippen LogP) is 19.5. The summed E-state index contributed by atoms with van der Waals surface area (Å²) in [6, 6.07) is 101. The van der Waals surface area contributed by atoms with Crippen LogP contribution < -0.4 is 19.3 Å². The van der Waals surface area contributed by atoms with Crippen molar-refractivity contribution in [3.05, 3.63) is 324 Å². The molecule has 4 aliphatic rings. The number of rotatable bonds is 6. The zero-order valence-electron chi connectivity index (χ0n) is 42.7. The van der Waals surface area contributed by atoms with Crippen molar-refractivity contribution >= 4 is 56.1 Å². The second-order valence-corrected chi connectivity index (χ2v) is 21.0. The summed E-state index contributed by atoms with van der Waals surface area (Å²) in [5, 5.41) is 2.12. The van der Waals surface area contributed by atoms with Gasteiger partial charge in [-0.2, -0.15) is 0 Å². The minimum absolute atomic E-state index is 0.547. The SMILES string of the molecule is c1ccc(N(c2ccc3c(c2)-c2ccccc2C32c3ccccc3Oc3ccccc32)c2ccc3c(c2)oc2cc(N(c4ccccc4)c4ccc5c(c4)-c4ccccc4C54c5ccccc5Oc5ccccc54)ccc23)cc1. The summed E-state index contributed by atoms with van der Waals surface area (Å²) in [7, 11) is 0. The van der Waals surface area contributed by atoms with Gasteiger partial charge in [-0.15, -0.1) is 0 Å². The molecule has 2 aliphatic carbocycles. The van der Waals surface area contributed by atoms with Gasteiger partial charge in [0.25, 0.3) is 0 Å². The van der Waals surface area contributed by atoms with Crippen LogP contribution in [0.5, 0.6) is 23.0 Å². The molecule has 12 aromatic carbocycles. The smallest absolute Gasteiger partial charge is 0.137 e. The van der Waals surface area contributed by atoms with Crippen LogP contribution in [0.2, 0.25) is 0 Å². The summed E-state index contributed by atoms with van der Waals surface area (Å²) in [6.45, 7) is 0. The van der Waals surface area contributed by atoms with Crippen LogP contribution in [0.15, 0.2) is 283 Å². The van der Waals surface area contributed by atoms with E-state index in [-0.39, 0.29) is 0 Å². The standard InChI is InChI=1S/C74H46N2O3/c1-3-19-47(20-4-1)75(49-37-41-61-57(43-49)53-23-7-9-25-59(53)73(61)63-27-11-15-31-67(63)77-68-32-16-12-28-64(68)73)51-35-39-55-56-40-36-52(46-72(56)79-71(55)45-51)76(48-21-5-2-6-22-48)50-38-42-62-58(44-50)54-24-8-10-26-60(54)74(62)65-29-13-17-33-69(65)78-70-34-18-14-30-66(70)74/h1-46H. The van der Waals surface area contributed by atoms with Gasteiger partial charge in [-0.05, 0) is 142 Å². The quantitative estimate of drug-likeness (QED) is 0.166. The summed E-state index contributed by atoms with van der Waals surface area (Å²) >= 11 is 0. The van der Waals surface area contributed by atoms with Crippen molar-refractivity contribution < 1.29 is 13.9 Å². The third-order valence-corrected chi connectivity index (χ3v) is 17.2. The topological polar surface area (TPSA) is 38.1 Å². The molecule has 370 valence electrons. The van der Waals surface area contributed by atoms with E-state index in [9.17, 15) is 0 Å². The number of furan rings is 1. The lowest BCUT2D eigenvalue weighted by Gasteiger charge is -2.39. The first-order chi connectivity index (χ1) is 39.2. The maximum atomic E-state index is 7.03. The molecule has 2 aliphatic heterocycles.